The molecule has 0 amide bonds. The predicted octanol–water partition coefficient (Wildman–Crippen LogP) is 3.77. The van der Waals surface area contributed by atoms with Crippen LogP contribution in [0.5, 0.6) is 0 Å². The van der Waals surface area contributed by atoms with Crippen LogP contribution in [-0.2, 0) is 19.1 Å². The van der Waals surface area contributed by atoms with E-state index in [0.29, 0.717) is 6.54 Å². The van der Waals surface area contributed by atoms with Gasteiger partial charge < -0.3 is 4.90 Å². The van der Waals surface area contributed by atoms with Crippen molar-refractivity contribution in [2.45, 2.75) is 19.1 Å². The number of halogens is 3. The Kier molecular flexibility index (Phi) is 4.96. The van der Waals surface area contributed by atoms with Crippen molar-refractivity contribution in [1.82, 2.24) is 9.88 Å². The number of benzene rings is 1. The highest BCUT2D eigenvalue weighted by molar-refractivity contribution is 5.22. The monoisotopic (exact) mass is 294 g/mol. The Morgan fingerprint density at radius 2 is 1.76 bits per heavy atom. The molecular formula is C16H17F3N2. The maximum Gasteiger partial charge on any atom is 0.433 e. The van der Waals surface area contributed by atoms with E-state index in [0.717, 1.165) is 6.42 Å². The third-order valence-electron chi connectivity index (χ3n) is 3.23. The highest BCUT2D eigenvalue weighted by Gasteiger charge is 2.35. The van der Waals surface area contributed by atoms with Crippen molar-refractivity contribution in [2.75, 3.05) is 13.6 Å². The van der Waals surface area contributed by atoms with Crippen LogP contribution in [-0.4, -0.2) is 23.5 Å². The molecule has 1 aromatic carbocycles. The highest BCUT2D eigenvalue weighted by atomic mass is 19.4. The van der Waals surface area contributed by atoms with E-state index in [1.165, 1.54) is 23.9 Å². The van der Waals surface area contributed by atoms with Crippen molar-refractivity contribution >= 4 is 0 Å². The van der Waals surface area contributed by atoms with E-state index in [1.807, 2.05) is 42.3 Å². The Hall–Kier alpha value is -1.88. The van der Waals surface area contributed by atoms with E-state index in [1.54, 1.807) is 0 Å². The minimum atomic E-state index is -4.41. The first kappa shape index (κ1) is 15.5. The molecule has 1 heterocycles. The number of alkyl halides is 3. The summed E-state index contributed by atoms with van der Waals surface area (Å²) in [5.41, 5.74) is 0.587. The molecule has 0 unspecified atom stereocenters. The summed E-state index contributed by atoms with van der Waals surface area (Å²) in [5.74, 6) is 0. The minimum absolute atomic E-state index is 0.209. The molecule has 0 saturated carbocycles. The third kappa shape index (κ3) is 4.56. The van der Waals surface area contributed by atoms with Crippen LogP contribution in [0.25, 0.3) is 0 Å². The summed E-state index contributed by atoms with van der Waals surface area (Å²) >= 11 is 0. The first-order valence-electron chi connectivity index (χ1n) is 6.70. The maximum absolute atomic E-state index is 12.9. The van der Waals surface area contributed by atoms with Gasteiger partial charge >= 0.3 is 6.18 Å². The minimum Gasteiger partial charge on any atom is -0.302 e. The Morgan fingerprint density at radius 1 is 1.05 bits per heavy atom. The van der Waals surface area contributed by atoms with Gasteiger partial charge in [-0.3, -0.25) is 4.98 Å². The van der Waals surface area contributed by atoms with Crippen LogP contribution in [0.15, 0.2) is 48.7 Å². The summed E-state index contributed by atoms with van der Waals surface area (Å²) in [7, 11) is 1.82. The third-order valence-corrected chi connectivity index (χ3v) is 3.23. The van der Waals surface area contributed by atoms with E-state index in [-0.39, 0.29) is 12.1 Å². The van der Waals surface area contributed by atoms with Crippen molar-refractivity contribution in [1.29, 1.82) is 0 Å². The average molecular weight is 294 g/mol. The van der Waals surface area contributed by atoms with E-state index >= 15 is 0 Å². The summed E-state index contributed by atoms with van der Waals surface area (Å²) in [6.45, 7) is 0.922. The lowest BCUT2D eigenvalue weighted by molar-refractivity contribution is -0.142. The lowest BCUT2D eigenvalue weighted by atomic mass is 10.1. The van der Waals surface area contributed by atoms with Crippen LogP contribution in [0.1, 0.15) is 16.8 Å². The first-order valence-corrected chi connectivity index (χ1v) is 6.70. The number of rotatable bonds is 5. The number of aromatic nitrogens is 1. The lowest BCUT2D eigenvalue weighted by Gasteiger charge is -2.19. The number of pyridine rings is 1. The second kappa shape index (κ2) is 6.72. The van der Waals surface area contributed by atoms with Gasteiger partial charge in [0.2, 0.25) is 0 Å². The Balaban J connectivity index is 1.98. The largest absolute Gasteiger partial charge is 0.433 e. The van der Waals surface area contributed by atoms with E-state index in [4.69, 9.17) is 0 Å². The van der Waals surface area contributed by atoms with E-state index < -0.39 is 11.9 Å². The molecule has 0 atom stereocenters. The number of nitrogens with zero attached hydrogens (tertiary/aromatic N) is 2. The maximum atomic E-state index is 12.9. The Morgan fingerprint density at radius 3 is 2.43 bits per heavy atom. The highest BCUT2D eigenvalue weighted by Crippen LogP contribution is 2.30. The summed E-state index contributed by atoms with van der Waals surface area (Å²) in [6, 6.07) is 12.9. The van der Waals surface area contributed by atoms with Gasteiger partial charge in [-0.1, -0.05) is 36.4 Å². The number of hydrogen-bond acceptors (Lipinski definition) is 2. The summed E-state index contributed by atoms with van der Waals surface area (Å²) in [5, 5.41) is 0. The SMILES string of the molecule is CN(CCc1ccccc1)Cc1cccnc1C(F)(F)F. The van der Waals surface area contributed by atoms with Crippen molar-refractivity contribution in [3.63, 3.8) is 0 Å². The molecule has 0 spiro atoms. The van der Waals surface area contributed by atoms with Crippen molar-refractivity contribution in [2.24, 2.45) is 0 Å². The Labute approximate surface area is 122 Å². The summed E-state index contributed by atoms with van der Waals surface area (Å²) in [6.07, 6.45) is -2.42. The fourth-order valence-electron chi connectivity index (χ4n) is 2.16. The zero-order chi connectivity index (χ0) is 15.3. The van der Waals surface area contributed by atoms with Crippen LogP contribution < -0.4 is 0 Å². The molecule has 2 rings (SSSR count). The summed E-state index contributed by atoms with van der Waals surface area (Å²) < 4.78 is 38.6. The number of hydrogen-bond donors (Lipinski definition) is 0. The van der Waals surface area contributed by atoms with Crippen molar-refractivity contribution in [3.8, 4) is 0 Å². The lowest BCUT2D eigenvalue weighted by Crippen LogP contribution is -2.23. The van der Waals surface area contributed by atoms with Crippen molar-refractivity contribution in [3.05, 3.63) is 65.5 Å². The van der Waals surface area contributed by atoms with Gasteiger partial charge in [-0.05, 0) is 30.7 Å². The van der Waals surface area contributed by atoms with Crippen LogP contribution in [0.2, 0.25) is 0 Å². The second-order valence-corrected chi connectivity index (χ2v) is 4.98. The van der Waals surface area contributed by atoms with Crippen LogP contribution >= 0.6 is 0 Å². The molecule has 0 N–H and O–H groups in total. The zero-order valence-corrected chi connectivity index (χ0v) is 11.8. The topological polar surface area (TPSA) is 16.1 Å². The molecule has 0 aliphatic heterocycles. The average Bonchev–Trinajstić information content (AvgIpc) is 2.46. The molecule has 0 fully saturated rings. The van der Waals surface area contributed by atoms with Gasteiger partial charge in [-0.25, -0.2) is 0 Å². The van der Waals surface area contributed by atoms with Gasteiger partial charge in [0.15, 0.2) is 0 Å². The van der Waals surface area contributed by atoms with Gasteiger partial charge in [0.05, 0.1) is 0 Å². The molecule has 2 nitrogen and oxygen atoms in total. The van der Waals surface area contributed by atoms with Gasteiger partial charge in [-0.2, -0.15) is 13.2 Å². The first-order chi connectivity index (χ1) is 9.97. The fraction of sp³-hybridized carbons (Fsp3) is 0.312. The van der Waals surface area contributed by atoms with E-state index in [9.17, 15) is 13.2 Å². The molecule has 0 bridgehead atoms. The molecule has 5 heteroatoms. The molecule has 1 aromatic heterocycles. The van der Waals surface area contributed by atoms with Gasteiger partial charge in [0.25, 0.3) is 0 Å². The zero-order valence-electron chi connectivity index (χ0n) is 11.8. The van der Waals surface area contributed by atoms with E-state index in [2.05, 4.69) is 4.98 Å². The molecular weight excluding hydrogens is 277 g/mol. The predicted molar refractivity (Wildman–Crippen MR) is 75.7 cm³/mol. The Bertz CT molecular complexity index is 567. The molecule has 2 aromatic rings. The quantitative estimate of drug-likeness (QED) is 0.834. The van der Waals surface area contributed by atoms with Gasteiger partial charge in [0, 0.05) is 19.3 Å². The molecule has 0 aliphatic carbocycles. The summed E-state index contributed by atoms with van der Waals surface area (Å²) in [4.78, 5) is 5.34. The van der Waals surface area contributed by atoms with Gasteiger partial charge in [0.1, 0.15) is 5.69 Å². The molecule has 112 valence electrons. The standard InChI is InChI=1S/C16H17F3N2/c1-21(11-9-13-6-3-2-4-7-13)12-14-8-5-10-20-15(14)16(17,18)19/h2-8,10H,9,11-12H2,1H3. The molecule has 0 aliphatic rings. The molecule has 21 heavy (non-hydrogen) atoms. The fourth-order valence-corrected chi connectivity index (χ4v) is 2.16. The normalized spacial score (nSPS) is 11.9. The number of likely N-dealkylation sites (N-methyl/N-ethyl adjacent to an activating group) is 1. The van der Waals surface area contributed by atoms with Crippen LogP contribution in [0.3, 0.4) is 0 Å². The smallest absolute Gasteiger partial charge is 0.302 e. The van der Waals surface area contributed by atoms with Gasteiger partial charge in [-0.15, -0.1) is 0 Å². The second-order valence-electron chi connectivity index (χ2n) is 4.98. The molecule has 0 saturated heterocycles. The molecule has 0 radical (unpaired) electrons. The van der Waals surface area contributed by atoms with Crippen molar-refractivity contribution < 1.29 is 13.2 Å². The van der Waals surface area contributed by atoms with Crippen LogP contribution in [0.4, 0.5) is 13.2 Å². The van der Waals surface area contributed by atoms with Crippen LogP contribution in [0, 0.1) is 0 Å².